The van der Waals surface area contributed by atoms with Gasteiger partial charge >= 0.3 is 0 Å². The van der Waals surface area contributed by atoms with Crippen molar-refractivity contribution < 1.29 is 24.8 Å². The molecule has 0 aromatic carbocycles. The fourth-order valence-corrected chi connectivity index (χ4v) is 2.45. The van der Waals surface area contributed by atoms with E-state index in [1.54, 1.807) is 0 Å². The monoisotopic (exact) mass is 302 g/mol. The number of ether oxygens (including phenoxy) is 2. The average Bonchev–Trinajstić information content (AvgIpc) is 2.86. The van der Waals surface area contributed by atoms with Crippen molar-refractivity contribution in [2.45, 2.75) is 69.9 Å². The van der Waals surface area contributed by atoms with Gasteiger partial charge in [0.2, 0.25) is 0 Å². The van der Waals surface area contributed by atoms with Crippen LogP contribution < -0.4 is 0 Å². The van der Waals surface area contributed by atoms with Gasteiger partial charge in [0.15, 0.2) is 0 Å². The summed E-state index contributed by atoms with van der Waals surface area (Å²) in [4.78, 5) is 0. The van der Waals surface area contributed by atoms with Gasteiger partial charge in [0.05, 0.1) is 19.8 Å². The number of allylic oxidation sites excluding steroid dienone is 1. The van der Waals surface area contributed by atoms with Crippen LogP contribution in [-0.2, 0) is 9.47 Å². The van der Waals surface area contributed by atoms with Crippen molar-refractivity contribution in [1.29, 1.82) is 0 Å². The summed E-state index contributed by atoms with van der Waals surface area (Å²) in [5, 5.41) is 28.3. The summed E-state index contributed by atoms with van der Waals surface area (Å²) in [7, 11) is 0. The van der Waals surface area contributed by atoms with Gasteiger partial charge in [-0.2, -0.15) is 0 Å². The van der Waals surface area contributed by atoms with Gasteiger partial charge in [-0.05, 0) is 19.3 Å². The summed E-state index contributed by atoms with van der Waals surface area (Å²) in [6.45, 7) is 2.43. The first-order chi connectivity index (χ1) is 10.2. The number of hydrogen-bond acceptors (Lipinski definition) is 5. The summed E-state index contributed by atoms with van der Waals surface area (Å²) in [5.41, 5.74) is 0. The molecule has 3 N–H and O–H groups in total. The Hall–Kier alpha value is -0.460. The molecule has 1 fully saturated rings. The molecule has 4 atom stereocenters. The van der Waals surface area contributed by atoms with Crippen molar-refractivity contribution in [3.63, 3.8) is 0 Å². The largest absolute Gasteiger partial charge is 0.394 e. The molecular formula is C16H30O5. The molecule has 5 heteroatoms. The standard InChI is InChI=1S/C16H30O5/c1-2-3-4-5-6-7-8-9-10-20-16-14(19)12-21-15(16)13(18)11-17/h7-8,13-19H,2-6,9-12H2,1H3/b8-7+/t13-,14+,15-,16-/m1/s1. The molecule has 0 aromatic rings. The average molecular weight is 302 g/mol. The third-order valence-corrected chi connectivity index (χ3v) is 3.71. The van der Waals surface area contributed by atoms with Crippen LogP contribution in [0.4, 0.5) is 0 Å². The molecule has 0 aromatic heterocycles. The van der Waals surface area contributed by atoms with Crippen molar-refractivity contribution in [2.24, 2.45) is 0 Å². The lowest BCUT2D eigenvalue weighted by Crippen LogP contribution is -2.42. The predicted molar refractivity (Wildman–Crippen MR) is 81.1 cm³/mol. The second kappa shape index (κ2) is 11.2. The zero-order valence-electron chi connectivity index (χ0n) is 13.0. The van der Waals surface area contributed by atoms with Gasteiger partial charge in [0.1, 0.15) is 24.4 Å². The molecule has 5 nitrogen and oxygen atoms in total. The van der Waals surface area contributed by atoms with E-state index in [2.05, 4.69) is 19.1 Å². The van der Waals surface area contributed by atoms with E-state index < -0.39 is 31.0 Å². The number of aliphatic hydroxyl groups excluding tert-OH is 3. The SMILES string of the molecule is CCCCCC/C=C/CCO[C@H]1[C@@H]([C@H](O)CO)OC[C@@H]1O. The Morgan fingerprint density at radius 3 is 2.71 bits per heavy atom. The minimum absolute atomic E-state index is 0.139. The quantitative estimate of drug-likeness (QED) is 0.397. The number of rotatable bonds is 11. The summed E-state index contributed by atoms with van der Waals surface area (Å²) in [6, 6.07) is 0. The lowest BCUT2D eigenvalue weighted by molar-refractivity contribution is -0.0924. The topological polar surface area (TPSA) is 79.2 Å². The molecule has 0 amide bonds. The Labute approximate surface area is 127 Å². The number of aliphatic hydroxyl groups is 3. The van der Waals surface area contributed by atoms with Gasteiger partial charge in [0, 0.05) is 0 Å². The van der Waals surface area contributed by atoms with Crippen LogP contribution in [0.3, 0.4) is 0 Å². The molecule has 1 rings (SSSR count). The van der Waals surface area contributed by atoms with Crippen LogP contribution in [0, 0.1) is 0 Å². The third-order valence-electron chi connectivity index (χ3n) is 3.71. The van der Waals surface area contributed by atoms with Gasteiger partial charge in [-0.3, -0.25) is 0 Å². The molecule has 1 aliphatic heterocycles. The lowest BCUT2D eigenvalue weighted by Gasteiger charge is -2.23. The Morgan fingerprint density at radius 2 is 2.00 bits per heavy atom. The van der Waals surface area contributed by atoms with Crippen LogP contribution in [0.2, 0.25) is 0 Å². The molecule has 0 spiro atoms. The molecule has 0 radical (unpaired) electrons. The molecule has 124 valence electrons. The summed E-state index contributed by atoms with van der Waals surface area (Å²) < 4.78 is 10.9. The molecule has 1 heterocycles. The van der Waals surface area contributed by atoms with E-state index in [0.29, 0.717) is 6.61 Å². The van der Waals surface area contributed by atoms with Gasteiger partial charge in [-0.25, -0.2) is 0 Å². The van der Waals surface area contributed by atoms with Crippen LogP contribution in [-0.4, -0.2) is 59.6 Å². The molecule has 1 aliphatic rings. The summed E-state index contributed by atoms with van der Waals surface area (Å²) in [5.74, 6) is 0. The van der Waals surface area contributed by atoms with Crippen LogP contribution in [0.5, 0.6) is 0 Å². The van der Waals surface area contributed by atoms with Gasteiger partial charge < -0.3 is 24.8 Å². The van der Waals surface area contributed by atoms with E-state index in [4.69, 9.17) is 14.6 Å². The van der Waals surface area contributed by atoms with Crippen molar-refractivity contribution >= 4 is 0 Å². The highest BCUT2D eigenvalue weighted by Crippen LogP contribution is 2.21. The Bertz CT molecular complexity index is 282. The smallest absolute Gasteiger partial charge is 0.114 e. The van der Waals surface area contributed by atoms with E-state index in [1.165, 1.54) is 25.7 Å². The van der Waals surface area contributed by atoms with Crippen LogP contribution in [0.15, 0.2) is 12.2 Å². The molecule has 21 heavy (non-hydrogen) atoms. The zero-order valence-corrected chi connectivity index (χ0v) is 13.0. The van der Waals surface area contributed by atoms with Gasteiger partial charge in [0.25, 0.3) is 0 Å². The first-order valence-corrected chi connectivity index (χ1v) is 8.05. The second-order valence-corrected chi connectivity index (χ2v) is 5.56. The maximum absolute atomic E-state index is 9.77. The van der Waals surface area contributed by atoms with Crippen LogP contribution >= 0.6 is 0 Å². The Balaban J connectivity index is 2.14. The molecule has 0 bridgehead atoms. The van der Waals surface area contributed by atoms with E-state index >= 15 is 0 Å². The first-order valence-electron chi connectivity index (χ1n) is 8.05. The zero-order chi connectivity index (χ0) is 15.5. The first kappa shape index (κ1) is 18.6. The Morgan fingerprint density at radius 1 is 1.24 bits per heavy atom. The number of unbranched alkanes of at least 4 members (excludes halogenated alkanes) is 4. The highest BCUT2D eigenvalue weighted by atomic mass is 16.6. The van der Waals surface area contributed by atoms with E-state index in [1.807, 2.05) is 0 Å². The molecule has 1 saturated heterocycles. The minimum Gasteiger partial charge on any atom is -0.394 e. The second-order valence-electron chi connectivity index (χ2n) is 5.56. The summed E-state index contributed by atoms with van der Waals surface area (Å²) in [6.07, 6.45) is 8.22. The maximum atomic E-state index is 9.77. The molecule has 0 saturated carbocycles. The molecular weight excluding hydrogens is 272 g/mol. The van der Waals surface area contributed by atoms with Crippen LogP contribution in [0.25, 0.3) is 0 Å². The maximum Gasteiger partial charge on any atom is 0.114 e. The highest BCUT2D eigenvalue weighted by molar-refractivity contribution is 4.89. The van der Waals surface area contributed by atoms with E-state index in [0.717, 1.165) is 12.8 Å². The third kappa shape index (κ3) is 6.89. The fraction of sp³-hybridized carbons (Fsp3) is 0.875. The predicted octanol–water partition coefficient (Wildman–Crippen LogP) is 1.40. The molecule has 0 unspecified atom stereocenters. The Kier molecular flexibility index (Phi) is 9.87. The summed E-state index contributed by atoms with van der Waals surface area (Å²) >= 11 is 0. The molecule has 0 aliphatic carbocycles. The van der Waals surface area contributed by atoms with E-state index in [-0.39, 0.29) is 6.61 Å². The fourth-order valence-electron chi connectivity index (χ4n) is 2.45. The van der Waals surface area contributed by atoms with Crippen molar-refractivity contribution in [3.8, 4) is 0 Å². The van der Waals surface area contributed by atoms with Gasteiger partial charge in [-0.15, -0.1) is 0 Å². The highest BCUT2D eigenvalue weighted by Gasteiger charge is 2.40. The van der Waals surface area contributed by atoms with Crippen molar-refractivity contribution in [3.05, 3.63) is 12.2 Å². The van der Waals surface area contributed by atoms with Crippen molar-refractivity contribution in [1.82, 2.24) is 0 Å². The minimum atomic E-state index is -1.01. The van der Waals surface area contributed by atoms with Crippen molar-refractivity contribution in [2.75, 3.05) is 19.8 Å². The normalized spacial score (nSPS) is 27.5. The number of hydrogen-bond donors (Lipinski definition) is 3. The van der Waals surface area contributed by atoms with E-state index in [9.17, 15) is 10.2 Å². The van der Waals surface area contributed by atoms with Crippen LogP contribution in [0.1, 0.15) is 45.4 Å². The lowest BCUT2D eigenvalue weighted by atomic mass is 10.1. The van der Waals surface area contributed by atoms with Gasteiger partial charge in [-0.1, -0.05) is 38.3 Å².